The van der Waals surface area contributed by atoms with Gasteiger partial charge in [0.15, 0.2) is 12.6 Å². The van der Waals surface area contributed by atoms with Crippen LogP contribution in [0.3, 0.4) is 0 Å². The molecule has 0 fully saturated rings. The molecule has 0 aliphatic heterocycles. The minimum Gasteiger partial charge on any atom is -0.483 e. The predicted octanol–water partition coefficient (Wildman–Crippen LogP) is 2.53. The molecule has 1 heterocycles. The number of rotatable bonds is 14. The number of hydrogen-bond donors (Lipinski definition) is 4. The first kappa shape index (κ1) is 27.7. The predicted molar refractivity (Wildman–Crippen MR) is 135 cm³/mol. The van der Waals surface area contributed by atoms with E-state index in [9.17, 15) is 19.5 Å². The van der Waals surface area contributed by atoms with E-state index >= 15 is 0 Å². The van der Waals surface area contributed by atoms with Gasteiger partial charge in [0.2, 0.25) is 0 Å². The van der Waals surface area contributed by atoms with Crippen molar-refractivity contribution < 1.29 is 23.8 Å². The van der Waals surface area contributed by atoms with E-state index < -0.39 is 17.9 Å². The number of carboxylic acids is 1. The van der Waals surface area contributed by atoms with Crippen molar-refractivity contribution >= 4 is 28.8 Å². The summed E-state index contributed by atoms with van der Waals surface area (Å²) in [5.41, 5.74) is 12.7. The number of nitrogens with one attached hydrogen (secondary N) is 1. The average molecular weight is 489 g/mol. The number of fused-ring (bicyclic) bond motifs is 1. The molecule has 192 valence electrons. The second-order valence-corrected chi connectivity index (χ2v) is 8.56. The molecule has 1 aromatic carbocycles. The van der Waals surface area contributed by atoms with Crippen LogP contribution in [0.1, 0.15) is 62.1 Å². The first-order valence-electron chi connectivity index (χ1n) is 11.9. The van der Waals surface area contributed by atoms with E-state index in [0.717, 1.165) is 36.6 Å². The van der Waals surface area contributed by atoms with E-state index in [1.807, 2.05) is 13.0 Å². The number of carbonyl (C=O) groups is 2. The van der Waals surface area contributed by atoms with Crippen molar-refractivity contribution in [2.75, 3.05) is 13.2 Å². The molecule has 1 aromatic heterocycles. The van der Waals surface area contributed by atoms with E-state index in [1.54, 1.807) is 13.0 Å². The molecule has 2 rings (SSSR count). The van der Waals surface area contributed by atoms with Crippen LogP contribution >= 0.6 is 0 Å². The second kappa shape index (κ2) is 13.4. The molecular formula is C25H36N4O6. The maximum atomic E-state index is 12.6. The van der Waals surface area contributed by atoms with Crippen LogP contribution in [0.2, 0.25) is 0 Å². The van der Waals surface area contributed by atoms with Gasteiger partial charge in [0.05, 0.1) is 0 Å². The highest BCUT2D eigenvalue weighted by molar-refractivity contribution is 5.86. The molecule has 0 saturated carbocycles. The molecule has 10 nitrogen and oxygen atoms in total. The number of guanidine groups is 1. The summed E-state index contributed by atoms with van der Waals surface area (Å²) in [6.07, 6.45) is 5.50. The van der Waals surface area contributed by atoms with E-state index in [2.05, 4.69) is 17.2 Å². The van der Waals surface area contributed by atoms with Crippen molar-refractivity contribution in [3.05, 3.63) is 39.2 Å². The van der Waals surface area contributed by atoms with Crippen molar-refractivity contribution in [1.29, 1.82) is 0 Å². The van der Waals surface area contributed by atoms with Gasteiger partial charge in [-0.05, 0) is 57.2 Å². The van der Waals surface area contributed by atoms with Gasteiger partial charge < -0.3 is 31.0 Å². The first-order chi connectivity index (χ1) is 16.6. The molecule has 2 aromatic rings. The second-order valence-electron chi connectivity index (χ2n) is 8.56. The minimum atomic E-state index is -1.16. The zero-order valence-corrected chi connectivity index (χ0v) is 20.7. The largest absolute Gasteiger partial charge is 0.483 e. The van der Waals surface area contributed by atoms with Gasteiger partial charge in [-0.15, -0.1) is 0 Å². The van der Waals surface area contributed by atoms with Gasteiger partial charge in [-0.25, -0.2) is 9.59 Å². The SMILES string of the molecule is CCCCCCc1c(C)c2ccc(OCC(=O)N[C@@H](CCCN=C(N)N)C(=O)O)c(C)c2oc1=O. The molecular weight excluding hydrogens is 452 g/mol. The van der Waals surface area contributed by atoms with Crippen molar-refractivity contribution in [2.45, 2.75) is 71.8 Å². The Morgan fingerprint density at radius 3 is 2.54 bits per heavy atom. The Hall–Kier alpha value is -3.56. The van der Waals surface area contributed by atoms with Gasteiger partial charge in [-0.1, -0.05) is 26.2 Å². The van der Waals surface area contributed by atoms with Gasteiger partial charge in [0, 0.05) is 23.1 Å². The molecule has 0 aliphatic carbocycles. The number of amides is 1. The first-order valence-corrected chi connectivity index (χ1v) is 11.9. The number of benzene rings is 1. The summed E-state index contributed by atoms with van der Waals surface area (Å²) in [4.78, 5) is 40.2. The number of nitrogens with zero attached hydrogens (tertiary/aromatic N) is 1. The molecule has 0 aliphatic rings. The van der Waals surface area contributed by atoms with Gasteiger partial charge in [0.1, 0.15) is 17.4 Å². The summed E-state index contributed by atoms with van der Waals surface area (Å²) in [7, 11) is 0. The molecule has 0 saturated heterocycles. The summed E-state index contributed by atoms with van der Waals surface area (Å²) in [6.45, 7) is 5.69. The smallest absolute Gasteiger partial charge is 0.339 e. The van der Waals surface area contributed by atoms with Crippen LogP contribution in [0.15, 0.2) is 26.3 Å². The molecule has 1 amide bonds. The van der Waals surface area contributed by atoms with Crippen LogP contribution in [0.25, 0.3) is 11.0 Å². The van der Waals surface area contributed by atoms with Crippen LogP contribution in [-0.2, 0) is 16.0 Å². The average Bonchev–Trinajstić information content (AvgIpc) is 2.80. The van der Waals surface area contributed by atoms with Crippen LogP contribution < -0.4 is 27.1 Å². The van der Waals surface area contributed by atoms with Crippen LogP contribution in [0, 0.1) is 13.8 Å². The molecule has 0 spiro atoms. The topological polar surface area (TPSA) is 170 Å². The van der Waals surface area contributed by atoms with E-state index in [1.165, 1.54) is 0 Å². The van der Waals surface area contributed by atoms with E-state index in [0.29, 0.717) is 35.3 Å². The number of aryl methyl sites for hydroxylation is 2. The van der Waals surface area contributed by atoms with Crippen LogP contribution in [-0.4, -0.2) is 42.1 Å². The molecule has 35 heavy (non-hydrogen) atoms. The zero-order valence-electron chi connectivity index (χ0n) is 20.7. The third-order valence-electron chi connectivity index (χ3n) is 5.87. The van der Waals surface area contributed by atoms with E-state index in [-0.39, 0.29) is 31.2 Å². The van der Waals surface area contributed by atoms with Gasteiger partial charge in [-0.2, -0.15) is 0 Å². The monoisotopic (exact) mass is 488 g/mol. The summed E-state index contributed by atoms with van der Waals surface area (Å²) in [5, 5.41) is 12.6. The Labute approximate surface area is 204 Å². The normalized spacial score (nSPS) is 11.7. The molecule has 0 radical (unpaired) electrons. The van der Waals surface area contributed by atoms with Gasteiger partial charge >= 0.3 is 11.6 Å². The number of hydrogen-bond acceptors (Lipinski definition) is 6. The number of ether oxygens (including phenoxy) is 1. The van der Waals surface area contributed by atoms with E-state index in [4.69, 9.17) is 20.6 Å². The van der Waals surface area contributed by atoms with Crippen molar-refractivity contribution in [1.82, 2.24) is 5.32 Å². The lowest BCUT2D eigenvalue weighted by Crippen LogP contribution is -2.43. The highest BCUT2D eigenvalue weighted by Gasteiger charge is 2.20. The number of aliphatic imine (C=N–C) groups is 1. The Kier molecular flexibility index (Phi) is 10.6. The fraction of sp³-hybridized carbons (Fsp3) is 0.520. The highest BCUT2D eigenvalue weighted by atomic mass is 16.5. The lowest BCUT2D eigenvalue weighted by atomic mass is 9.99. The lowest BCUT2D eigenvalue weighted by Gasteiger charge is -2.16. The maximum absolute atomic E-state index is 12.6. The zero-order chi connectivity index (χ0) is 26.0. The third kappa shape index (κ3) is 8.01. The molecule has 10 heteroatoms. The molecule has 1 atom stereocenters. The number of carbonyl (C=O) groups excluding carboxylic acids is 1. The minimum absolute atomic E-state index is 0.0747. The summed E-state index contributed by atoms with van der Waals surface area (Å²) < 4.78 is 11.3. The number of unbranched alkanes of at least 4 members (excludes halogenated alkanes) is 3. The fourth-order valence-electron chi connectivity index (χ4n) is 3.89. The molecule has 0 unspecified atom stereocenters. The quantitative estimate of drug-likeness (QED) is 0.136. The Bertz CT molecular complexity index is 1120. The number of carboxylic acid groups (broad SMARTS) is 1. The van der Waals surface area contributed by atoms with Crippen LogP contribution in [0.4, 0.5) is 0 Å². The maximum Gasteiger partial charge on any atom is 0.339 e. The van der Waals surface area contributed by atoms with Crippen LogP contribution in [0.5, 0.6) is 5.75 Å². The summed E-state index contributed by atoms with van der Waals surface area (Å²) in [5.74, 6) is -1.44. The number of aliphatic carboxylic acids is 1. The van der Waals surface area contributed by atoms with Crippen molar-refractivity contribution in [3.8, 4) is 5.75 Å². The fourth-order valence-corrected chi connectivity index (χ4v) is 3.89. The summed E-state index contributed by atoms with van der Waals surface area (Å²) in [6, 6.07) is 2.45. The molecule has 0 bridgehead atoms. The highest BCUT2D eigenvalue weighted by Crippen LogP contribution is 2.29. The lowest BCUT2D eigenvalue weighted by molar-refractivity contribution is -0.142. The van der Waals surface area contributed by atoms with Gasteiger partial charge in [0.25, 0.3) is 5.91 Å². The van der Waals surface area contributed by atoms with Crippen molar-refractivity contribution in [3.63, 3.8) is 0 Å². The third-order valence-corrected chi connectivity index (χ3v) is 5.87. The summed E-state index contributed by atoms with van der Waals surface area (Å²) >= 11 is 0. The number of nitrogens with two attached hydrogens (primary N) is 2. The Balaban J connectivity index is 2.06. The molecule has 6 N–H and O–H groups in total. The Morgan fingerprint density at radius 1 is 1.14 bits per heavy atom. The van der Waals surface area contributed by atoms with Gasteiger partial charge in [-0.3, -0.25) is 9.79 Å². The standard InChI is InChI=1S/C25H36N4O6/c1-4-5-6-7-9-18-15(2)17-11-12-20(16(3)22(17)35-24(18)33)34-14-21(30)29-19(23(31)32)10-8-13-28-25(26)27/h11-12,19H,4-10,13-14H2,1-3H3,(H,29,30)(H,31,32)(H4,26,27,28)/t19-/m0/s1. The Morgan fingerprint density at radius 2 is 1.89 bits per heavy atom. The van der Waals surface area contributed by atoms with Crippen molar-refractivity contribution in [2.24, 2.45) is 16.5 Å².